The average Bonchev–Trinajstić information content (AvgIpc) is 3.04. The molecule has 0 bridgehead atoms. The second kappa shape index (κ2) is 4.42. The van der Waals surface area contributed by atoms with E-state index < -0.39 is 0 Å². The Bertz CT molecular complexity index is 538. The smallest absolute Gasteiger partial charge is 0.137 e. The Morgan fingerprint density at radius 3 is 3.00 bits per heavy atom. The molecule has 0 amide bonds. The number of likely N-dealkylation sites (N-methyl/N-ethyl adjacent to an activating group) is 1. The number of fused-ring (bicyclic) bond motifs is 1. The van der Waals surface area contributed by atoms with E-state index in [1.54, 1.807) is 19.8 Å². The zero-order chi connectivity index (χ0) is 12.5. The predicted octanol–water partition coefficient (Wildman–Crippen LogP) is 1.34. The SMILES string of the molecule is CNC1c2cc(OC)ccc2CC1n1cncn1. The molecule has 1 aromatic heterocycles. The molecule has 1 N–H and O–H groups in total. The average molecular weight is 244 g/mol. The van der Waals surface area contributed by atoms with E-state index in [-0.39, 0.29) is 12.1 Å². The van der Waals surface area contributed by atoms with E-state index in [0.29, 0.717) is 0 Å². The minimum Gasteiger partial charge on any atom is -0.497 e. The fourth-order valence-electron chi connectivity index (χ4n) is 2.71. The van der Waals surface area contributed by atoms with Crippen LogP contribution >= 0.6 is 0 Å². The molecule has 0 saturated carbocycles. The molecule has 5 heteroatoms. The third kappa shape index (κ3) is 1.67. The lowest BCUT2D eigenvalue weighted by atomic mass is 10.1. The molecule has 0 fully saturated rings. The van der Waals surface area contributed by atoms with Crippen LogP contribution < -0.4 is 10.1 Å². The van der Waals surface area contributed by atoms with Crippen molar-refractivity contribution >= 4 is 0 Å². The van der Waals surface area contributed by atoms with Crippen molar-refractivity contribution in [3.8, 4) is 5.75 Å². The highest BCUT2D eigenvalue weighted by Gasteiger charge is 2.33. The molecular formula is C13H16N4O. The topological polar surface area (TPSA) is 52.0 Å². The molecule has 1 aromatic carbocycles. The summed E-state index contributed by atoms with van der Waals surface area (Å²) in [4.78, 5) is 4.03. The highest BCUT2D eigenvalue weighted by atomic mass is 16.5. The predicted molar refractivity (Wildman–Crippen MR) is 67.6 cm³/mol. The molecule has 2 unspecified atom stereocenters. The van der Waals surface area contributed by atoms with Crippen LogP contribution in [0.4, 0.5) is 0 Å². The van der Waals surface area contributed by atoms with Gasteiger partial charge in [-0.25, -0.2) is 9.67 Å². The number of ether oxygens (including phenoxy) is 1. The van der Waals surface area contributed by atoms with Gasteiger partial charge in [-0.3, -0.25) is 0 Å². The Balaban J connectivity index is 2.00. The molecule has 0 spiro atoms. The summed E-state index contributed by atoms with van der Waals surface area (Å²) in [5.41, 5.74) is 2.63. The first-order valence-electron chi connectivity index (χ1n) is 6.01. The number of aromatic nitrogens is 3. The number of rotatable bonds is 3. The van der Waals surface area contributed by atoms with Crippen molar-refractivity contribution in [2.75, 3.05) is 14.2 Å². The first-order chi connectivity index (χ1) is 8.83. The molecule has 5 nitrogen and oxygen atoms in total. The van der Waals surface area contributed by atoms with Crippen LogP contribution in [0.2, 0.25) is 0 Å². The number of benzene rings is 1. The summed E-state index contributed by atoms with van der Waals surface area (Å²) in [6.45, 7) is 0. The van der Waals surface area contributed by atoms with E-state index in [0.717, 1.165) is 12.2 Å². The van der Waals surface area contributed by atoms with Gasteiger partial charge < -0.3 is 10.1 Å². The van der Waals surface area contributed by atoms with Gasteiger partial charge in [-0.05, 0) is 36.7 Å². The summed E-state index contributed by atoms with van der Waals surface area (Å²) in [6, 6.07) is 6.77. The van der Waals surface area contributed by atoms with Gasteiger partial charge in [-0.15, -0.1) is 0 Å². The Hall–Kier alpha value is -1.88. The second-order valence-corrected chi connectivity index (χ2v) is 4.48. The van der Waals surface area contributed by atoms with Crippen LogP contribution in [0.5, 0.6) is 5.75 Å². The summed E-state index contributed by atoms with van der Waals surface area (Å²) in [7, 11) is 3.67. The molecule has 0 saturated heterocycles. The Labute approximate surface area is 106 Å². The van der Waals surface area contributed by atoms with Crippen LogP contribution in [-0.2, 0) is 6.42 Å². The maximum Gasteiger partial charge on any atom is 0.137 e. The molecule has 2 aromatic rings. The van der Waals surface area contributed by atoms with Crippen molar-refractivity contribution < 1.29 is 4.74 Å². The molecule has 1 aliphatic rings. The first kappa shape index (κ1) is 11.2. The fourth-order valence-corrected chi connectivity index (χ4v) is 2.71. The minimum absolute atomic E-state index is 0.247. The van der Waals surface area contributed by atoms with Gasteiger partial charge in [-0.2, -0.15) is 5.10 Å². The van der Waals surface area contributed by atoms with Crippen LogP contribution in [-0.4, -0.2) is 28.9 Å². The maximum atomic E-state index is 5.30. The summed E-state index contributed by atoms with van der Waals surface area (Å²) >= 11 is 0. The highest BCUT2D eigenvalue weighted by molar-refractivity contribution is 5.42. The Morgan fingerprint density at radius 2 is 2.33 bits per heavy atom. The Morgan fingerprint density at radius 1 is 1.44 bits per heavy atom. The summed E-state index contributed by atoms with van der Waals surface area (Å²) < 4.78 is 7.22. The zero-order valence-corrected chi connectivity index (χ0v) is 10.5. The fraction of sp³-hybridized carbons (Fsp3) is 0.385. The van der Waals surface area contributed by atoms with Crippen molar-refractivity contribution in [3.63, 3.8) is 0 Å². The van der Waals surface area contributed by atoms with Crippen LogP contribution in [0.15, 0.2) is 30.9 Å². The lowest BCUT2D eigenvalue weighted by Gasteiger charge is -2.19. The van der Waals surface area contributed by atoms with Crippen molar-refractivity contribution in [3.05, 3.63) is 42.0 Å². The summed E-state index contributed by atoms with van der Waals surface area (Å²) in [6.07, 6.45) is 4.32. The molecule has 94 valence electrons. The first-order valence-corrected chi connectivity index (χ1v) is 6.01. The van der Waals surface area contributed by atoms with E-state index in [1.165, 1.54) is 11.1 Å². The highest BCUT2D eigenvalue weighted by Crippen LogP contribution is 2.40. The van der Waals surface area contributed by atoms with E-state index in [4.69, 9.17) is 4.74 Å². The third-order valence-electron chi connectivity index (χ3n) is 3.59. The minimum atomic E-state index is 0.247. The third-order valence-corrected chi connectivity index (χ3v) is 3.59. The van der Waals surface area contributed by atoms with Gasteiger partial charge in [0.2, 0.25) is 0 Å². The number of hydrogen-bond acceptors (Lipinski definition) is 4. The van der Waals surface area contributed by atoms with Gasteiger partial charge in [0.15, 0.2) is 0 Å². The number of hydrogen-bond donors (Lipinski definition) is 1. The molecule has 2 atom stereocenters. The van der Waals surface area contributed by atoms with Gasteiger partial charge >= 0.3 is 0 Å². The lowest BCUT2D eigenvalue weighted by Crippen LogP contribution is -2.24. The van der Waals surface area contributed by atoms with Crippen molar-refractivity contribution in [2.24, 2.45) is 0 Å². The molecular weight excluding hydrogens is 228 g/mol. The molecule has 1 heterocycles. The van der Waals surface area contributed by atoms with Crippen LogP contribution in [0, 0.1) is 0 Å². The van der Waals surface area contributed by atoms with Crippen LogP contribution in [0.25, 0.3) is 0 Å². The molecule has 0 radical (unpaired) electrons. The molecule has 18 heavy (non-hydrogen) atoms. The Kier molecular flexibility index (Phi) is 2.76. The monoisotopic (exact) mass is 244 g/mol. The van der Waals surface area contributed by atoms with Crippen molar-refractivity contribution in [1.82, 2.24) is 20.1 Å². The van der Waals surface area contributed by atoms with E-state index in [1.807, 2.05) is 17.8 Å². The molecule has 3 rings (SSSR count). The van der Waals surface area contributed by atoms with E-state index in [2.05, 4.69) is 27.5 Å². The van der Waals surface area contributed by atoms with Gasteiger partial charge in [-0.1, -0.05) is 6.07 Å². The summed E-state index contributed by atoms with van der Waals surface area (Å²) in [5.74, 6) is 0.897. The lowest BCUT2D eigenvalue weighted by molar-refractivity contribution is 0.369. The largest absolute Gasteiger partial charge is 0.497 e. The van der Waals surface area contributed by atoms with Crippen molar-refractivity contribution in [1.29, 1.82) is 0 Å². The number of methoxy groups -OCH3 is 1. The quantitative estimate of drug-likeness (QED) is 0.885. The van der Waals surface area contributed by atoms with Crippen LogP contribution in [0.3, 0.4) is 0 Å². The maximum absolute atomic E-state index is 5.30. The number of nitrogens with one attached hydrogen (secondary N) is 1. The summed E-state index contributed by atoms with van der Waals surface area (Å²) in [5, 5.41) is 7.62. The van der Waals surface area contributed by atoms with E-state index >= 15 is 0 Å². The molecule has 1 aliphatic carbocycles. The second-order valence-electron chi connectivity index (χ2n) is 4.48. The van der Waals surface area contributed by atoms with Gasteiger partial charge in [0.25, 0.3) is 0 Å². The number of nitrogens with zero attached hydrogens (tertiary/aromatic N) is 3. The van der Waals surface area contributed by atoms with Crippen LogP contribution in [0.1, 0.15) is 23.2 Å². The van der Waals surface area contributed by atoms with Gasteiger partial charge in [0, 0.05) is 0 Å². The van der Waals surface area contributed by atoms with Gasteiger partial charge in [0.1, 0.15) is 18.4 Å². The standard InChI is InChI=1S/C13H16N4O/c1-14-13-11-6-10(18-2)4-3-9(11)5-12(13)17-8-15-7-16-17/h3-4,6-8,12-14H,5H2,1-2H3. The zero-order valence-electron chi connectivity index (χ0n) is 10.5. The molecule has 0 aliphatic heterocycles. The normalized spacial score (nSPS) is 21.9. The van der Waals surface area contributed by atoms with Gasteiger partial charge in [0.05, 0.1) is 19.2 Å². The van der Waals surface area contributed by atoms with E-state index in [9.17, 15) is 0 Å². The van der Waals surface area contributed by atoms with Crippen molar-refractivity contribution in [2.45, 2.75) is 18.5 Å².